The quantitative estimate of drug-likeness (QED) is 0.561. The lowest BCUT2D eigenvalue weighted by molar-refractivity contribution is -0.116. The lowest BCUT2D eigenvalue weighted by atomic mass is 10.1. The molecule has 0 radical (unpaired) electrons. The fourth-order valence-electron chi connectivity index (χ4n) is 2.53. The molecule has 2 aromatic rings. The third kappa shape index (κ3) is 5.04. The molecule has 2 rings (SSSR count). The molecule has 0 aliphatic rings. The summed E-state index contributed by atoms with van der Waals surface area (Å²) in [6.45, 7) is 5.80. The molecule has 9 heteroatoms. The van der Waals surface area contributed by atoms with E-state index in [1.54, 1.807) is 0 Å². The minimum atomic E-state index is -0.689. The normalized spacial score (nSPS) is 10.2. The number of nitrogens with one attached hydrogen (secondary N) is 2. The van der Waals surface area contributed by atoms with E-state index in [-0.39, 0.29) is 35.1 Å². The summed E-state index contributed by atoms with van der Waals surface area (Å²) in [5.74, 6) is -0.344. The van der Waals surface area contributed by atoms with Crippen LogP contribution in [-0.4, -0.2) is 35.5 Å². The highest BCUT2D eigenvalue weighted by molar-refractivity contribution is 5.98. The first-order valence-electron chi connectivity index (χ1n) is 8.33. The minimum absolute atomic E-state index is 0.0175. The molecule has 142 valence electrons. The number of hydrogen-bond donors (Lipinski definition) is 2. The van der Waals surface area contributed by atoms with Gasteiger partial charge in [-0.25, -0.2) is 14.8 Å². The number of hydrogen-bond acceptors (Lipinski definition) is 8. The van der Waals surface area contributed by atoms with Gasteiger partial charge in [0.15, 0.2) is 0 Å². The van der Waals surface area contributed by atoms with Crippen LogP contribution < -0.4 is 10.6 Å². The zero-order valence-corrected chi connectivity index (χ0v) is 15.7. The molecule has 0 bridgehead atoms. The van der Waals surface area contributed by atoms with Gasteiger partial charge in [-0.1, -0.05) is 0 Å². The number of rotatable bonds is 7. The van der Waals surface area contributed by atoms with Crippen LogP contribution in [0.25, 0.3) is 0 Å². The second-order valence-corrected chi connectivity index (χ2v) is 5.89. The number of furan rings is 1. The highest BCUT2D eigenvalue weighted by Crippen LogP contribution is 2.27. The Morgan fingerprint density at radius 1 is 1.26 bits per heavy atom. The van der Waals surface area contributed by atoms with Gasteiger partial charge in [-0.3, -0.25) is 10.1 Å². The maximum absolute atomic E-state index is 12.1. The Kier molecular flexibility index (Phi) is 6.49. The number of carbonyl (C=O) groups excluding carboxylic acids is 2. The van der Waals surface area contributed by atoms with Gasteiger partial charge in [0.25, 0.3) is 0 Å². The van der Waals surface area contributed by atoms with Crippen LogP contribution in [0.3, 0.4) is 0 Å². The average Bonchev–Trinajstić information content (AvgIpc) is 2.92. The van der Waals surface area contributed by atoms with E-state index >= 15 is 0 Å². The third-order valence-electron chi connectivity index (χ3n) is 3.68. The van der Waals surface area contributed by atoms with Crippen LogP contribution in [-0.2, 0) is 9.53 Å². The van der Waals surface area contributed by atoms with Crippen molar-refractivity contribution in [3.05, 3.63) is 34.3 Å². The summed E-state index contributed by atoms with van der Waals surface area (Å²) in [5.41, 5.74) is 1.70. The number of amides is 1. The number of methoxy groups -OCH3 is 1. The van der Waals surface area contributed by atoms with Gasteiger partial charge >= 0.3 is 5.97 Å². The van der Waals surface area contributed by atoms with Crippen molar-refractivity contribution < 1.29 is 18.7 Å². The number of ether oxygens (including phenoxy) is 1. The van der Waals surface area contributed by atoms with Gasteiger partial charge in [0, 0.05) is 24.4 Å². The molecule has 27 heavy (non-hydrogen) atoms. The van der Waals surface area contributed by atoms with E-state index in [4.69, 9.17) is 4.42 Å². The number of nitrogens with zero attached hydrogens (tertiary/aromatic N) is 3. The standard InChI is InChI=1S/C18H21N5O4/c1-10-8-11(2)22-18(21-10)20-7-5-6-14(24)23-16-13(9-19)15(12(3)27-16)17(25)26-4/h8H,5-7H2,1-4H3,(H,23,24)(H,20,21,22). The highest BCUT2D eigenvalue weighted by atomic mass is 16.5. The van der Waals surface area contributed by atoms with Crippen molar-refractivity contribution in [1.82, 2.24) is 9.97 Å². The predicted molar refractivity (Wildman–Crippen MR) is 97.4 cm³/mol. The van der Waals surface area contributed by atoms with E-state index in [0.717, 1.165) is 11.4 Å². The lowest BCUT2D eigenvalue weighted by Crippen LogP contribution is -2.14. The van der Waals surface area contributed by atoms with E-state index < -0.39 is 5.97 Å². The summed E-state index contributed by atoms with van der Waals surface area (Å²) in [5, 5.41) is 14.9. The van der Waals surface area contributed by atoms with Crippen LogP contribution in [0.2, 0.25) is 0 Å². The second kappa shape index (κ2) is 8.80. The molecule has 0 saturated heterocycles. The van der Waals surface area contributed by atoms with Crippen molar-refractivity contribution in [2.45, 2.75) is 33.6 Å². The number of esters is 1. The molecular weight excluding hydrogens is 350 g/mol. The molecule has 0 aliphatic carbocycles. The van der Waals surface area contributed by atoms with E-state index in [1.807, 2.05) is 26.0 Å². The molecule has 0 spiro atoms. The first-order chi connectivity index (χ1) is 12.8. The van der Waals surface area contributed by atoms with Gasteiger partial charge in [0.05, 0.1) is 7.11 Å². The van der Waals surface area contributed by atoms with Crippen molar-refractivity contribution in [3.8, 4) is 6.07 Å². The Labute approximate surface area is 156 Å². The summed E-state index contributed by atoms with van der Waals surface area (Å²) in [6, 6.07) is 3.74. The van der Waals surface area contributed by atoms with Gasteiger partial charge in [-0.2, -0.15) is 5.26 Å². The maximum Gasteiger partial charge on any atom is 0.342 e. The molecule has 2 N–H and O–H groups in total. The van der Waals surface area contributed by atoms with Crippen molar-refractivity contribution in [1.29, 1.82) is 5.26 Å². The minimum Gasteiger partial charge on any atom is -0.465 e. The largest absolute Gasteiger partial charge is 0.465 e. The second-order valence-electron chi connectivity index (χ2n) is 5.89. The zero-order chi connectivity index (χ0) is 20.0. The van der Waals surface area contributed by atoms with Gasteiger partial charge in [0.1, 0.15) is 23.0 Å². The molecule has 0 fully saturated rings. The van der Waals surface area contributed by atoms with Gasteiger partial charge in [-0.05, 0) is 33.3 Å². The highest BCUT2D eigenvalue weighted by Gasteiger charge is 2.25. The average molecular weight is 371 g/mol. The Bertz CT molecular complexity index is 878. The van der Waals surface area contributed by atoms with Gasteiger partial charge in [-0.15, -0.1) is 0 Å². The van der Waals surface area contributed by atoms with Gasteiger partial charge < -0.3 is 14.5 Å². The fraction of sp³-hybridized carbons (Fsp3) is 0.389. The molecule has 9 nitrogen and oxygen atoms in total. The number of anilines is 2. The Morgan fingerprint density at radius 3 is 2.52 bits per heavy atom. The van der Waals surface area contributed by atoms with E-state index in [2.05, 4.69) is 25.3 Å². The molecule has 0 atom stereocenters. The molecule has 0 unspecified atom stereocenters. The molecule has 0 saturated carbocycles. The third-order valence-corrected chi connectivity index (χ3v) is 3.68. The number of aromatic nitrogens is 2. The summed E-state index contributed by atoms with van der Waals surface area (Å²) in [6.07, 6.45) is 0.712. The molecule has 0 aromatic carbocycles. The molecule has 1 amide bonds. The first-order valence-corrected chi connectivity index (χ1v) is 8.33. The molecule has 0 aliphatic heterocycles. The van der Waals surface area contributed by atoms with Crippen LogP contribution in [0.15, 0.2) is 10.5 Å². The summed E-state index contributed by atoms with van der Waals surface area (Å²) >= 11 is 0. The number of carbonyl (C=O) groups is 2. The fourth-order valence-corrected chi connectivity index (χ4v) is 2.53. The Morgan fingerprint density at radius 2 is 1.93 bits per heavy atom. The first kappa shape index (κ1) is 19.9. The van der Waals surface area contributed by atoms with Gasteiger partial charge in [0.2, 0.25) is 17.7 Å². The monoisotopic (exact) mass is 371 g/mol. The smallest absolute Gasteiger partial charge is 0.342 e. The topological polar surface area (TPSA) is 130 Å². The van der Waals surface area contributed by atoms with Crippen LogP contribution >= 0.6 is 0 Å². The number of aryl methyl sites for hydroxylation is 3. The maximum atomic E-state index is 12.1. The van der Waals surface area contributed by atoms with Crippen LogP contribution in [0.4, 0.5) is 11.8 Å². The summed E-state index contributed by atoms with van der Waals surface area (Å²) in [7, 11) is 1.21. The van der Waals surface area contributed by atoms with E-state index in [9.17, 15) is 14.9 Å². The lowest BCUT2D eigenvalue weighted by Gasteiger charge is -2.06. The molecule has 2 aromatic heterocycles. The predicted octanol–water partition coefficient (Wildman–Crippen LogP) is 2.48. The van der Waals surface area contributed by atoms with Crippen LogP contribution in [0, 0.1) is 32.1 Å². The van der Waals surface area contributed by atoms with Crippen LogP contribution in [0.5, 0.6) is 0 Å². The summed E-state index contributed by atoms with van der Waals surface area (Å²) < 4.78 is 9.97. The van der Waals surface area contributed by atoms with E-state index in [0.29, 0.717) is 18.9 Å². The zero-order valence-electron chi connectivity index (χ0n) is 15.7. The summed E-state index contributed by atoms with van der Waals surface area (Å²) in [4.78, 5) is 32.4. The van der Waals surface area contributed by atoms with Crippen molar-refractivity contribution in [3.63, 3.8) is 0 Å². The van der Waals surface area contributed by atoms with Crippen molar-refractivity contribution in [2.24, 2.45) is 0 Å². The van der Waals surface area contributed by atoms with Crippen molar-refractivity contribution in [2.75, 3.05) is 24.3 Å². The van der Waals surface area contributed by atoms with Crippen molar-refractivity contribution >= 4 is 23.7 Å². The molecular formula is C18H21N5O4. The SMILES string of the molecule is COC(=O)c1c(C)oc(NC(=O)CCCNc2nc(C)cc(C)n2)c1C#N. The Balaban J connectivity index is 1.91. The van der Waals surface area contributed by atoms with E-state index in [1.165, 1.54) is 14.0 Å². The van der Waals surface area contributed by atoms with Crippen LogP contribution in [0.1, 0.15) is 45.9 Å². The number of nitriles is 1. The molecule has 2 heterocycles. The Hall–Kier alpha value is -3.41.